The average molecular weight is 228 g/mol. The third-order valence-corrected chi connectivity index (χ3v) is 3.00. The highest BCUT2D eigenvalue weighted by molar-refractivity contribution is 5.83. The van der Waals surface area contributed by atoms with Gasteiger partial charge in [-0.2, -0.15) is 0 Å². The van der Waals surface area contributed by atoms with E-state index in [1.54, 1.807) is 4.90 Å². The zero-order chi connectivity index (χ0) is 12.3. The molecule has 0 aromatic carbocycles. The first-order valence-electron chi connectivity index (χ1n) is 6.02. The molecule has 0 saturated carbocycles. The van der Waals surface area contributed by atoms with Gasteiger partial charge in [0.15, 0.2) is 0 Å². The van der Waals surface area contributed by atoms with E-state index >= 15 is 0 Å². The highest BCUT2D eigenvalue weighted by Crippen LogP contribution is 2.16. The topological polar surface area (TPSA) is 52.6 Å². The number of likely N-dealkylation sites (tertiary alicyclic amines) is 1. The van der Waals surface area contributed by atoms with Gasteiger partial charge < -0.3 is 15.3 Å². The van der Waals surface area contributed by atoms with Crippen molar-refractivity contribution in [2.24, 2.45) is 5.92 Å². The molecule has 2 atom stereocenters. The van der Waals surface area contributed by atoms with Crippen molar-refractivity contribution in [2.45, 2.75) is 45.3 Å². The Morgan fingerprint density at radius 1 is 1.62 bits per heavy atom. The van der Waals surface area contributed by atoms with Gasteiger partial charge in [0.25, 0.3) is 0 Å². The fourth-order valence-corrected chi connectivity index (χ4v) is 2.31. The summed E-state index contributed by atoms with van der Waals surface area (Å²) < 4.78 is 0. The molecule has 0 radical (unpaired) electrons. The quantitative estimate of drug-likeness (QED) is 0.724. The van der Waals surface area contributed by atoms with Crippen LogP contribution in [0.15, 0.2) is 0 Å². The maximum Gasteiger partial charge on any atom is 0.239 e. The van der Waals surface area contributed by atoms with Gasteiger partial charge >= 0.3 is 0 Å². The van der Waals surface area contributed by atoms with Gasteiger partial charge in [0, 0.05) is 20.1 Å². The molecule has 16 heavy (non-hydrogen) atoms. The van der Waals surface area contributed by atoms with E-state index in [4.69, 9.17) is 0 Å². The van der Waals surface area contributed by atoms with Gasteiger partial charge in [0.1, 0.15) is 0 Å². The van der Waals surface area contributed by atoms with Gasteiger partial charge in [0.05, 0.1) is 11.6 Å². The van der Waals surface area contributed by atoms with Gasteiger partial charge in [-0.3, -0.25) is 4.79 Å². The highest BCUT2D eigenvalue weighted by atomic mass is 16.3. The normalized spacial score (nSPS) is 25.2. The van der Waals surface area contributed by atoms with Crippen LogP contribution >= 0.6 is 0 Å². The number of likely N-dealkylation sites (N-methyl/N-ethyl adjacent to an activating group) is 1. The van der Waals surface area contributed by atoms with Crippen LogP contribution < -0.4 is 5.32 Å². The molecule has 1 aliphatic rings. The van der Waals surface area contributed by atoms with E-state index in [1.807, 2.05) is 14.0 Å². The zero-order valence-electron chi connectivity index (χ0n) is 10.8. The summed E-state index contributed by atoms with van der Waals surface area (Å²) in [5, 5.41) is 13.3. The van der Waals surface area contributed by atoms with Gasteiger partial charge in [-0.25, -0.2) is 0 Å². The molecule has 1 aliphatic heterocycles. The predicted octanol–water partition coefficient (Wildman–Crippen LogP) is 0.604. The largest absolute Gasteiger partial charge is 0.389 e. The maximum atomic E-state index is 11.6. The van der Waals surface area contributed by atoms with Crippen LogP contribution in [0.3, 0.4) is 0 Å². The van der Waals surface area contributed by atoms with Crippen molar-refractivity contribution in [1.29, 1.82) is 0 Å². The molecule has 4 nitrogen and oxygen atoms in total. The van der Waals surface area contributed by atoms with Crippen molar-refractivity contribution in [3.63, 3.8) is 0 Å². The first kappa shape index (κ1) is 13.5. The summed E-state index contributed by atoms with van der Waals surface area (Å²) in [6.45, 7) is 7.29. The van der Waals surface area contributed by atoms with Crippen molar-refractivity contribution < 1.29 is 9.90 Å². The Hall–Kier alpha value is -0.610. The van der Waals surface area contributed by atoms with Crippen LogP contribution in [-0.4, -0.2) is 47.7 Å². The third-order valence-electron chi connectivity index (χ3n) is 3.00. The lowest BCUT2D eigenvalue weighted by atomic mass is 9.94. The van der Waals surface area contributed by atoms with E-state index in [1.165, 1.54) is 0 Å². The molecule has 0 aromatic rings. The second-order valence-electron chi connectivity index (χ2n) is 5.58. The fraction of sp³-hybridized carbons (Fsp3) is 0.917. The van der Waals surface area contributed by atoms with Gasteiger partial charge in [0.2, 0.25) is 5.91 Å². The number of carbonyl (C=O) groups is 1. The van der Waals surface area contributed by atoms with Crippen molar-refractivity contribution in [1.82, 2.24) is 10.2 Å². The Balaban J connectivity index is 2.37. The summed E-state index contributed by atoms with van der Waals surface area (Å²) in [7, 11) is 1.82. The summed E-state index contributed by atoms with van der Waals surface area (Å²) in [6.07, 6.45) is 1.59. The third kappa shape index (κ3) is 3.76. The number of aliphatic hydroxyl groups is 1. The van der Waals surface area contributed by atoms with E-state index < -0.39 is 5.60 Å². The molecule has 1 saturated heterocycles. The number of nitrogens with zero attached hydrogens (tertiary/aromatic N) is 1. The molecule has 4 heteroatoms. The van der Waals surface area contributed by atoms with E-state index in [-0.39, 0.29) is 11.9 Å². The standard InChI is InChI=1S/C12H24N2O2/c1-9(2)7-12(3,16)8-13-10-5-6-14(4)11(10)15/h9-10,13,16H,5-8H2,1-4H3. The van der Waals surface area contributed by atoms with Crippen LogP contribution in [0.25, 0.3) is 0 Å². The molecule has 1 rings (SSSR count). The predicted molar refractivity (Wildman–Crippen MR) is 64.1 cm³/mol. The fourth-order valence-electron chi connectivity index (χ4n) is 2.31. The van der Waals surface area contributed by atoms with Crippen LogP contribution in [0, 0.1) is 5.92 Å². The zero-order valence-corrected chi connectivity index (χ0v) is 10.8. The number of hydrogen-bond donors (Lipinski definition) is 2. The molecular formula is C12H24N2O2. The van der Waals surface area contributed by atoms with Gasteiger partial charge in [-0.05, 0) is 25.7 Å². The molecular weight excluding hydrogens is 204 g/mol. The summed E-state index contributed by atoms with van der Waals surface area (Å²) in [5.74, 6) is 0.596. The lowest BCUT2D eigenvalue weighted by Gasteiger charge is -2.27. The Kier molecular flexibility index (Phi) is 4.33. The second-order valence-corrected chi connectivity index (χ2v) is 5.58. The minimum Gasteiger partial charge on any atom is -0.389 e. The number of carbonyl (C=O) groups excluding carboxylic acids is 1. The van der Waals surface area contributed by atoms with Crippen molar-refractivity contribution in [3.8, 4) is 0 Å². The summed E-state index contributed by atoms with van der Waals surface area (Å²) in [5.41, 5.74) is -0.727. The van der Waals surface area contributed by atoms with E-state index in [9.17, 15) is 9.90 Å². The molecule has 0 spiro atoms. The monoisotopic (exact) mass is 228 g/mol. The molecule has 2 unspecified atom stereocenters. The smallest absolute Gasteiger partial charge is 0.239 e. The Morgan fingerprint density at radius 3 is 2.69 bits per heavy atom. The number of hydrogen-bond acceptors (Lipinski definition) is 3. The number of rotatable bonds is 5. The van der Waals surface area contributed by atoms with Crippen molar-refractivity contribution >= 4 is 5.91 Å². The highest BCUT2D eigenvalue weighted by Gasteiger charge is 2.31. The molecule has 0 aliphatic carbocycles. The molecule has 94 valence electrons. The number of nitrogens with one attached hydrogen (secondary N) is 1. The molecule has 1 fully saturated rings. The SMILES string of the molecule is CC(C)CC(C)(O)CNC1CCN(C)C1=O. The maximum absolute atomic E-state index is 11.6. The van der Waals surface area contributed by atoms with Gasteiger partial charge in [-0.15, -0.1) is 0 Å². The van der Waals surface area contributed by atoms with Crippen molar-refractivity contribution in [3.05, 3.63) is 0 Å². The van der Waals surface area contributed by atoms with Crippen LogP contribution in [0.1, 0.15) is 33.6 Å². The van der Waals surface area contributed by atoms with E-state index in [2.05, 4.69) is 19.2 Å². The molecule has 0 aromatic heterocycles. The van der Waals surface area contributed by atoms with E-state index in [0.717, 1.165) is 19.4 Å². The molecule has 1 amide bonds. The minimum absolute atomic E-state index is 0.108. The number of amides is 1. The van der Waals surface area contributed by atoms with Crippen LogP contribution in [-0.2, 0) is 4.79 Å². The Labute approximate surface area is 98.0 Å². The second kappa shape index (κ2) is 5.15. The van der Waals surface area contributed by atoms with Gasteiger partial charge in [-0.1, -0.05) is 13.8 Å². The Bertz CT molecular complexity index is 251. The van der Waals surface area contributed by atoms with Crippen LogP contribution in [0.2, 0.25) is 0 Å². The molecule has 1 heterocycles. The average Bonchev–Trinajstić information content (AvgIpc) is 2.43. The lowest BCUT2D eigenvalue weighted by Crippen LogP contribution is -2.46. The van der Waals surface area contributed by atoms with Crippen LogP contribution in [0.4, 0.5) is 0 Å². The van der Waals surface area contributed by atoms with Crippen molar-refractivity contribution in [2.75, 3.05) is 20.1 Å². The molecule has 2 N–H and O–H groups in total. The summed E-state index contributed by atoms with van der Waals surface area (Å²) in [4.78, 5) is 13.4. The van der Waals surface area contributed by atoms with E-state index in [0.29, 0.717) is 12.5 Å². The molecule has 0 bridgehead atoms. The first-order valence-corrected chi connectivity index (χ1v) is 6.02. The minimum atomic E-state index is -0.727. The summed E-state index contributed by atoms with van der Waals surface area (Å²) in [6, 6.07) is -0.108. The lowest BCUT2D eigenvalue weighted by molar-refractivity contribution is -0.128. The first-order chi connectivity index (χ1) is 7.32. The summed E-state index contributed by atoms with van der Waals surface area (Å²) >= 11 is 0. The van der Waals surface area contributed by atoms with Crippen LogP contribution in [0.5, 0.6) is 0 Å². The Morgan fingerprint density at radius 2 is 2.25 bits per heavy atom.